The second-order valence-electron chi connectivity index (χ2n) is 7.85. The van der Waals surface area contributed by atoms with Crippen LogP contribution >= 0.6 is 0 Å². The Bertz CT molecular complexity index is 1260. The van der Waals surface area contributed by atoms with Crippen molar-refractivity contribution in [3.63, 3.8) is 0 Å². The Morgan fingerprint density at radius 3 is 2.78 bits per heavy atom. The molecule has 4 aromatic rings. The zero-order chi connectivity index (χ0) is 22.1. The standard InChI is InChI=1S/C23H23F2N5O2/c24-21(25)22-27-18-3-1-16(14-19(18)28-22)23(31)26-17-2-4-20-15(13-17)5-6-30(20)8-7-29-9-11-32-12-10-29/h1-6,13-14,21H,7-12H2,(H,26,31)(H,27,28). The van der Waals surface area contributed by atoms with Crippen LogP contribution < -0.4 is 5.32 Å². The molecule has 1 fully saturated rings. The molecular formula is C23H23F2N5O2. The van der Waals surface area contributed by atoms with Crippen LogP contribution in [0.4, 0.5) is 14.5 Å². The number of alkyl halides is 2. The number of morpholine rings is 1. The highest BCUT2D eigenvalue weighted by Crippen LogP contribution is 2.23. The van der Waals surface area contributed by atoms with Crippen molar-refractivity contribution in [2.45, 2.75) is 13.0 Å². The molecule has 0 radical (unpaired) electrons. The van der Waals surface area contributed by atoms with E-state index in [1.54, 1.807) is 12.1 Å². The van der Waals surface area contributed by atoms with Crippen molar-refractivity contribution in [2.75, 3.05) is 38.2 Å². The second kappa shape index (κ2) is 8.68. The summed E-state index contributed by atoms with van der Waals surface area (Å²) in [6.07, 6.45) is -0.628. The lowest BCUT2D eigenvalue weighted by atomic mass is 10.1. The summed E-state index contributed by atoms with van der Waals surface area (Å²) >= 11 is 0. The molecule has 0 bridgehead atoms. The third-order valence-electron chi connectivity index (χ3n) is 5.76. The van der Waals surface area contributed by atoms with Crippen molar-refractivity contribution < 1.29 is 18.3 Å². The minimum Gasteiger partial charge on any atom is -0.379 e. The Labute approximate surface area is 183 Å². The summed E-state index contributed by atoms with van der Waals surface area (Å²) in [5.41, 5.74) is 2.95. The normalized spacial score (nSPS) is 15.1. The van der Waals surface area contributed by atoms with Gasteiger partial charge in [0.1, 0.15) is 0 Å². The van der Waals surface area contributed by atoms with Crippen LogP contribution in [0.15, 0.2) is 48.7 Å². The zero-order valence-electron chi connectivity index (χ0n) is 17.4. The number of aromatic amines is 1. The van der Waals surface area contributed by atoms with Gasteiger partial charge in [-0.3, -0.25) is 9.69 Å². The number of H-pyrrole nitrogens is 1. The molecule has 2 N–H and O–H groups in total. The van der Waals surface area contributed by atoms with Crippen LogP contribution in [0.5, 0.6) is 0 Å². The van der Waals surface area contributed by atoms with E-state index in [9.17, 15) is 13.6 Å². The van der Waals surface area contributed by atoms with E-state index in [0.29, 0.717) is 22.3 Å². The van der Waals surface area contributed by atoms with Gasteiger partial charge < -0.3 is 19.6 Å². The van der Waals surface area contributed by atoms with Gasteiger partial charge in [-0.1, -0.05) is 0 Å². The third-order valence-corrected chi connectivity index (χ3v) is 5.76. The fraction of sp³-hybridized carbons (Fsp3) is 0.304. The number of rotatable bonds is 6. The molecule has 1 aliphatic rings. The number of aromatic nitrogens is 3. The first-order valence-corrected chi connectivity index (χ1v) is 10.5. The molecule has 3 heterocycles. The molecule has 0 saturated carbocycles. The number of halogens is 2. The molecule has 2 aromatic carbocycles. The maximum absolute atomic E-state index is 12.8. The monoisotopic (exact) mass is 439 g/mol. The van der Waals surface area contributed by atoms with Crippen molar-refractivity contribution in [2.24, 2.45) is 0 Å². The number of carbonyl (C=O) groups is 1. The topological polar surface area (TPSA) is 75.2 Å². The summed E-state index contributed by atoms with van der Waals surface area (Å²) in [4.78, 5) is 21.5. The van der Waals surface area contributed by atoms with Crippen LogP contribution in [-0.2, 0) is 11.3 Å². The minimum atomic E-state index is -2.69. The molecule has 0 aliphatic carbocycles. The second-order valence-corrected chi connectivity index (χ2v) is 7.85. The van der Waals surface area contributed by atoms with E-state index in [2.05, 4.69) is 30.9 Å². The Kier molecular flexibility index (Phi) is 5.59. The molecule has 7 nitrogen and oxygen atoms in total. The summed E-state index contributed by atoms with van der Waals surface area (Å²) in [5.74, 6) is -0.715. The van der Waals surface area contributed by atoms with Gasteiger partial charge in [0.25, 0.3) is 12.3 Å². The first-order chi connectivity index (χ1) is 15.6. The molecule has 32 heavy (non-hydrogen) atoms. The van der Waals surface area contributed by atoms with E-state index in [1.807, 2.05) is 24.3 Å². The number of nitrogens with zero attached hydrogens (tertiary/aromatic N) is 3. The maximum atomic E-state index is 12.8. The number of anilines is 1. The van der Waals surface area contributed by atoms with Crippen LogP contribution in [0.25, 0.3) is 21.9 Å². The molecule has 1 aliphatic heterocycles. The number of fused-ring (bicyclic) bond motifs is 2. The Balaban J connectivity index is 1.28. The van der Waals surface area contributed by atoms with Crippen LogP contribution in [0.3, 0.4) is 0 Å². The van der Waals surface area contributed by atoms with Crippen molar-refractivity contribution in [1.82, 2.24) is 19.4 Å². The molecule has 9 heteroatoms. The summed E-state index contributed by atoms with van der Waals surface area (Å²) in [7, 11) is 0. The highest BCUT2D eigenvalue weighted by molar-refractivity contribution is 6.06. The summed E-state index contributed by atoms with van der Waals surface area (Å²) in [5, 5.41) is 3.92. The number of carbonyl (C=O) groups excluding carboxylic acids is 1. The van der Waals surface area contributed by atoms with Gasteiger partial charge >= 0.3 is 0 Å². The predicted octanol–water partition coefficient (Wildman–Crippen LogP) is 4.04. The van der Waals surface area contributed by atoms with E-state index in [0.717, 1.165) is 50.3 Å². The molecular weight excluding hydrogens is 416 g/mol. The Morgan fingerprint density at radius 1 is 1.12 bits per heavy atom. The minimum absolute atomic E-state index is 0.314. The SMILES string of the molecule is O=C(Nc1ccc2c(ccn2CCN2CCOCC2)c1)c1ccc2nc(C(F)F)[nH]c2c1. The van der Waals surface area contributed by atoms with Crippen LogP contribution in [0, 0.1) is 0 Å². The number of amides is 1. The molecule has 5 rings (SSSR count). The van der Waals surface area contributed by atoms with Crippen LogP contribution in [-0.4, -0.2) is 58.2 Å². The molecule has 166 valence electrons. The number of imidazole rings is 1. The highest BCUT2D eigenvalue weighted by Gasteiger charge is 2.15. The van der Waals surface area contributed by atoms with Gasteiger partial charge in [-0.25, -0.2) is 13.8 Å². The number of ether oxygens (including phenoxy) is 1. The average Bonchev–Trinajstić information content (AvgIpc) is 3.41. The van der Waals surface area contributed by atoms with Crippen molar-refractivity contribution in [3.05, 3.63) is 60.0 Å². The fourth-order valence-electron chi connectivity index (χ4n) is 4.02. The van der Waals surface area contributed by atoms with Gasteiger partial charge in [0.05, 0.1) is 24.2 Å². The van der Waals surface area contributed by atoms with Crippen LogP contribution in [0.1, 0.15) is 22.6 Å². The van der Waals surface area contributed by atoms with Gasteiger partial charge in [-0.2, -0.15) is 0 Å². The molecule has 0 unspecified atom stereocenters. The quantitative estimate of drug-likeness (QED) is 0.476. The van der Waals surface area contributed by atoms with Crippen molar-refractivity contribution >= 4 is 33.5 Å². The lowest BCUT2D eigenvalue weighted by Gasteiger charge is -2.26. The lowest BCUT2D eigenvalue weighted by Crippen LogP contribution is -2.38. The van der Waals surface area contributed by atoms with E-state index >= 15 is 0 Å². The first kappa shape index (κ1) is 20.6. The van der Waals surface area contributed by atoms with Gasteiger partial charge in [-0.05, 0) is 42.5 Å². The van der Waals surface area contributed by atoms with E-state index in [1.165, 1.54) is 6.07 Å². The van der Waals surface area contributed by atoms with E-state index in [4.69, 9.17) is 4.74 Å². The Hall–Kier alpha value is -3.30. The lowest BCUT2D eigenvalue weighted by molar-refractivity contribution is 0.0365. The molecule has 1 saturated heterocycles. The highest BCUT2D eigenvalue weighted by atomic mass is 19.3. The van der Waals surface area contributed by atoms with Crippen LogP contribution in [0.2, 0.25) is 0 Å². The molecule has 1 amide bonds. The summed E-state index contributed by atoms with van der Waals surface area (Å²) in [6, 6.07) is 12.5. The Morgan fingerprint density at radius 2 is 1.97 bits per heavy atom. The van der Waals surface area contributed by atoms with Crippen molar-refractivity contribution in [1.29, 1.82) is 0 Å². The van der Waals surface area contributed by atoms with Gasteiger partial charge in [0.2, 0.25) is 0 Å². The average molecular weight is 439 g/mol. The van der Waals surface area contributed by atoms with E-state index in [-0.39, 0.29) is 5.91 Å². The number of hydrogen-bond donors (Lipinski definition) is 2. The number of benzene rings is 2. The number of hydrogen-bond acceptors (Lipinski definition) is 4. The molecule has 2 aromatic heterocycles. The molecule has 0 spiro atoms. The van der Waals surface area contributed by atoms with Gasteiger partial charge in [0, 0.05) is 54.5 Å². The summed E-state index contributed by atoms with van der Waals surface area (Å²) in [6.45, 7) is 5.35. The largest absolute Gasteiger partial charge is 0.379 e. The van der Waals surface area contributed by atoms with Crippen molar-refractivity contribution in [3.8, 4) is 0 Å². The third kappa shape index (κ3) is 4.21. The fourth-order valence-corrected chi connectivity index (χ4v) is 4.02. The predicted molar refractivity (Wildman–Crippen MR) is 118 cm³/mol. The number of nitrogens with one attached hydrogen (secondary N) is 2. The maximum Gasteiger partial charge on any atom is 0.295 e. The summed E-state index contributed by atoms with van der Waals surface area (Å²) < 4.78 is 33.3. The molecule has 0 atom stereocenters. The smallest absolute Gasteiger partial charge is 0.295 e. The zero-order valence-corrected chi connectivity index (χ0v) is 17.4. The van der Waals surface area contributed by atoms with Gasteiger partial charge in [-0.15, -0.1) is 0 Å². The first-order valence-electron chi connectivity index (χ1n) is 10.5. The van der Waals surface area contributed by atoms with E-state index < -0.39 is 12.2 Å². The van der Waals surface area contributed by atoms with Gasteiger partial charge in [0.15, 0.2) is 5.82 Å².